The molecule has 1 aliphatic heterocycles. The second-order valence-electron chi connectivity index (χ2n) is 6.86. The van der Waals surface area contributed by atoms with E-state index in [4.69, 9.17) is 9.47 Å². The highest BCUT2D eigenvalue weighted by Gasteiger charge is 2.27. The summed E-state index contributed by atoms with van der Waals surface area (Å²) in [4.78, 5) is 20.6. The lowest BCUT2D eigenvalue weighted by atomic mass is 10.2. The summed E-state index contributed by atoms with van der Waals surface area (Å²) in [7, 11) is -3.97. The second-order valence-corrected chi connectivity index (χ2v) is 8.46. The fourth-order valence-electron chi connectivity index (χ4n) is 3.00. The minimum atomic E-state index is -3.97. The Morgan fingerprint density at radius 2 is 1.77 bits per heavy atom. The molecule has 0 spiro atoms. The number of fused-ring (bicyclic) bond motifs is 1. The van der Waals surface area contributed by atoms with E-state index < -0.39 is 22.0 Å². The van der Waals surface area contributed by atoms with E-state index >= 15 is 0 Å². The van der Waals surface area contributed by atoms with Crippen LogP contribution in [0.1, 0.15) is 11.5 Å². The number of sulfonamides is 1. The molecule has 0 aliphatic carbocycles. The summed E-state index contributed by atoms with van der Waals surface area (Å²) in [6.07, 6.45) is -0.822. The maximum atomic E-state index is 12.6. The standard InChI is InChI=1S/C21H20N4O5S/c1-13-11-20(23-14(2)22-13)25-31(27,28)16-9-7-15(8-10-16)24-21(26)19-12-29-17-5-3-4-6-18(17)30-19/h3-11,19H,12H2,1-2H3,(H2,22,23,24,25,26)/p-1. The SMILES string of the molecule is Cc1cc([N-]S(=O)(=O)c2ccc(NC(=O)C3COc4ccccc4O3)cc2)nc(C)n1. The Morgan fingerprint density at radius 1 is 1.06 bits per heavy atom. The zero-order valence-corrected chi connectivity index (χ0v) is 17.6. The molecule has 160 valence electrons. The van der Waals surface area contributed by atoms with Gasteiger partial charge >= 0.3 is 0 Å². The number of aromatic nitrogens is 2. The van der Waals surface area contributed by atoms with E-state index in [1.54, 1.807) is 32.0 Å². The van der Waals surface area contributed by atoms with E-state index in [9.17, 15) is 13.2 Å². The van der Waals surface area contributed by atoms with Crippen molar-refractivity contribution >= 4 is 27.4 Å². The Labute approximate surface area is 179 Å². The minimum absolute atomic E-state index is 0.0226. The van der Waals surface area contributed by atoms with E-state index in [0.29, 0.717) is 28.7 Å². The number of rotatable bonds is 5. The van der Waals surface area contributed by atoms with Crippen molar-refractivity contribution in [3.63, 3.8) is 0 Å². The summed E-state index contributed by atoms with van der Waals surface area (Å²) in [6.45, 7) is 3.47. The van der Waals surface area contributed by atoms with Crippen molar-refractivity contribution in [1.82, 2.24) is 9.97 Å². The number of anilines is 1. The second kappa shape index (κ2) is 8.23. The molecule has 31 heavy (non-hydrogen) atoms. The number of amides is 1. The summed E-state index contributed by atoms with van der Waals surface area (Å²) >= 11 is 0. The topological polar surface area (TPSA) is 122 Å². The van der Waals surface area contributed by atoms with Crippen LogP contribution in [0.15, 0.2) is 59.5 Å². The van der Waals surface area contributed by atoms with E-state index in [1.165, 1.54) is 30.3 Å². The molecule has 0 radical (unpaired) electrons. The predicted molar refractivity (Wildman–Crippen MR) is 113 cm³/mol. The smallest absolute Gasteiger partial charge is 0.269 e. The highest BCUT2D eigenvalue weighted by Crippen LogP contribution is 2.31. The van der Waals surface area contributed by atoms with Crippen LogP contribution in [-0.2, 0) is 14.8 Å². The molecule has 1 amide bonds. The van der Waals surface area contributed by atoms with Gasteiger partial charge in [0.25, 0.3) is 5.91 Å². The molecule has 1 atom stereocenters. The molecular weight excluding hydrogens is 420 g/mol. The molecule has 9 nitrogen and oxygen atoms in total. The first-order valence-corrected chi connectivity index (χ1v) is 10.8. The summed E-state index contributed by atoms with van der Waals surface area (Å²) in [5, 5.41) is 2.70. The largest absolute Gasteiger partial charge is 0.485 e. The predicted octanol–water partition coefficient (Wildman–Crippen LogP) is 3.27. The molecule has 1 aromatic heterocycles. The molecular formula is C21H19N4O5S-. The number of para-hydroxylation sites is 2. The molecule has 0 bridgehead atoms. The fourth-order valence-corrected chi connectivity index (χ4v) is 3.93. The summed E-state index contributed by atoms with van der Waals surface area (Å²) < 4.78 is 40.1. The highest BCUT2D eigenvalue weighted by atomic mass is 32.2. The minimum Gasteiger partial charge on any atom is -0.485 e. The summed E-state index contributed by atoms with van der Waals surface area (Å²) in [5.74, 6) is 1.17. The molecule has 1 aliphatic rings. The van der Waals surface area contributed by atoms with Crippen molar-refractivity contribution < 1.29 is 22.7 Å². The van der Waals surface area contributed by atoms with Gasteiger partial charge in [0.05, 0.1) is 4.90 Å². The third-order valence-electron chi connectivity index (χ3n) is 4.39. The van der Waals surface area contributed by atoms with E-state index in [0.717, 1.165) is 0 Å². The van der Waals surface area contributed by atoms with Gasteiger partial charge in [0.1, 0.15) is 6.61 Å². The van der Waals surface area contributed by atoms with E-state index in [1.807, 2.05) is 6.07 Å². The molecule has 1 N–H and O–H groups in total. The van der Waals surface area contributed by atoms with Crippen LogP contribution in [0.5, 0.6) is 11.5 Å². The van der Waals surface area contributed by atoms with Crippen LogP contribution in [0.3, 0.4) is 0 Å². The number of hydrogen-bond acceptors (Lipinski definition) is 7. The van der Waals surface area contributed by atoms with Crippen LogP contribution in [0.2, 0.25) is 0 Å². The van der Waals surface area contributed by atoms with Gasteiger partial charge in [0.2, 0.25) is 16.1 Å². The zero-order valence-electron chi connectivity index (χ0n) is 16.8. The van der Waals surface area contributed by atoms with Crippen molar-refractivity contribution in [3.05, 3.63) is 70.8 Å². The zero-order chi connectivity index (χ0) is 22.0. The van der Waals surface area contributed by atoms with Crippen molar-refractivity contribution in [2.24, 2.45) is 0 Å². The molecule has 10 heteroatoms. The Morgan fingerprint density at radius 3 is 2.48 bits per heavy atom. The van der Waals surface area contributed by atoms with Gasteiger partial charge < -0.3 is 24.5 Å². The average Bonchev–Trinajstić information content (AvgIpc) is 2.72. The Bertz CT molecular complexity index is 1210. The Kier molecular flexibility index (Phi) is 5.47. The van der Waals surface area contributed by atoms with Crippen LogP contribution >= 0.6 is 0 Å². The average molecular weight is 439 g/mol. The molecule has 0 fully saturated rings. The molecule has 2 heterocycles. The van der Waals surface area contributed by atoms with Crippen LogP contribution in [0.4, 0.5) is 11.5 Å². The van der Waals surface area contributed by atoms with Gasteiger partial charge in [-0.2, -0.15) is 0 Å². The van der Waals surface area contributed by atoms with Crippen LogP contribution in [0.25, 0.3) is 4.72 Å². The number of nitrogens with one attached hydrogen (secondary N) is 1. The van der Waals surface area contributed by atoms with Gasteiger partial charge in [0, 0.05) is 17.2 Å². The number of nitrogens with zero attached hydrogens (tertiary/aromatic N) is 3. The van der Waals surface area contributed by atoms with Crippen molar-refractivity contribution in [1.29, 1.82) is 0 Å². The van der Waals surface area contributed by atoms with E-state index in [-0.39, 0.29) is 17.3 Å². The van der Waals surface area contributed by atoms with Gasteiger partial charge in [-0.15, -0.1) is 0 Å². The first-order valence-electron chi connectivity index (χ1n) is 9.40. The Balaban J connectivity index is 1.42. The van der Waals surface area contributed by atoms with Gasteiger partial charge in [-0.3, -0.25) is 9.78 Å². The summed E-state index contributed by atoms with van der Waals surface area (Å²) in [5.41, 5.74) is 1.04. The van der Waals surface area contributed by atoms with Crippen LogP contribution < -0.4 is 14.8 Å². The number of aryl methyl sites for hydroxylation is 2. The van der Waals surface area contributed by atoms with E-state index in [2.05, 4.69) is 20.0 Å². The number of hydrogen-bond donors (Lipinski definition) is 1. The van der Waals surface area contributed by atoms with Crippen LogP contribution in [0, 0.1) is 13.8 Å². The fraction of sp³-hybridized carbons (Fsp3) is 0.190. The lowest BCUT2D eigenvalue weighted by Gasteiger charge is -2.25. The monoisotopic (exact) mass is 439 g/mol. The number of ether oxygens (including phenoxy) is 2. The lowest BCUT2D eigenvalue weighted by molar-refractivity contribution is -0.125. The van der Waals surface area contributed by atoms with Crippen molar-refractivity contribution in [2.45, 2.75) is 24.8 Å². The number of carbonyl (C=O) groups is 1. The highest BCUT2D eigenvalue weighted by molar-refractivity contribution is 7.94. The normalized spacial score (nSPS) is 15.2. The van der Waals surface area contributed by atoms with Gasteiger partial charge in [-0.05, 0) is 62.1 Å². The molecule has 3 aromatic rings. The third-order valence-corrected chi connectivity index (χ3v) is 5.68. The lowest BCUT2D eigenvalue weighted by Crippen LogP contribution is -2.40. The van der Waals surface area contributed by atoms with Crippen LogP contribution in [-0.4, -0.2) is 37.0 Å². The molecule has 4 rings (SSSR count). The third kappa shape index (κ3) is 4.75. The van der Waals surface area contributed by atoms with Crippen molar-refractivity contribution in [3.8, 4) is 11.5 Å². The van der Waals surface area contributed by atoms with Gasteiger partial charge in [-0.25, -0.2) is 8.42 Å². The maximum Gasteiger partial charge on any atom is 0.269 e. The van der Waals surface area contributed by atoms with Gasteiger partial charge in [0.15, 0.2) is 11.5 Å². The number of carbonyl (C=O) groups excluding carboxylic acids is 1. The van der Waals surface area contributed by atoms with Crippen molar-refractivity contribution in [2.75, 3.05) is 11.9 Å². The maximum absolute atomic E-state index is 12.6. The Hall–Kier alpha value is -3.66. The first kappa shape index (κ1) is 20.6. The molecule has 0 saturated carbocycles. The molecule has 1 unspecified atom stereocenters. The summed E-state index contributed by atoms with van der Waals surface area (Å²) in [6, 6.07) is 14.3. The quantitative estimate of drug-likeness (QED) is 0.647. The molecule has 2 aromatic carbocycles. The molecule has 0 saturated heterocycles. The number of benzene rings is 2. The first-order chi connectivity index (χ1) is 14.8. The van der Waals surface area contributed by atoms with Gasteiger partial charge in [-0.1, -0.05) is 12.1 Å².